The predicted molar refractivity (Wildman–Crippen MR) is 116 cm³/mol. The second-order valence-corrected chi connectivity index (χ2v) is 9.01. The number of carbonyl (C=O) groups is 1. The molecule has 1 amide bonds. The number of aromatic nitrogens is 1. The number of hydrogen-bond acceptors (Lipinski definition) is 5. The van der Waals surface area contributed by atoms with Crippen LogP contribution >= 0.6 is 23.2 Å². The van der Waals surface area contributed by atoms with Crippen molar-refractivity contribution in [2.45, 2.75) is 25.7 Å². The number of pyridine rings is 1. The molecule has 10 heteroatoms. The minimum Gasteiger partial charge on any atom is -0.367 e. The van der Waals surface area contributed by atoms with Crippen LogP contribution in [0.25, 0.3) is 0 Å². The van der Waals surface area contributed by atoms with Crippen LogP contribution in [0.15, 0.2) is 35.4 Å². The van der Waals surface area contributed by atoms with Crippen molar-refractivity contribution in [1.29, 1.82) is 0 Å². The Morgan fingerprint density at radius 1 is 1.14 bits per heavy atom. The highest BCUT2D eigenvalue weighted by Gasteiger charge is 2.23. The number of carbonyl (C=O) groups excluding carboxylic acids is 1. The van der Waals surface area contributed by atoms with Gasteiger partial charge in [-0.05, 0) is 30.7 Å². The van der Waals surface area contributed by atoms with Gasteiger partial charge in [0, 0.05) is 37.9 Å². The number of benzene rings is 1. The van der Waals surface area contributed by atoms with Gasteiger partial charge < -0.3 is 10.6 Å². The van der Waals surface area contributed by atoms with Gasteiger partial charge in [-0.3, -0.25) is 4.79 Å². The van der Waals surface area contributed by atoms with Gasteiger partial charge in [0.15, 0.2) is 0 Å². The molecule has 2 rings (SSSR count). The Kier molecular flexibility index (Phi) is 8.27. The first-order chi connectivity index (χ1) is 13.7. The third-order valence-electron chi connectivity index (χ3n) is 4.31. The van der Waals surface area contributed by atoms with Crippen LogP contribution in [0.2, 0.25) is 10.0 Å². The molecule has 0 unspecified atom stereocenters. The van der Waals surface area contributed by atoms with Crippen molar-refractivity contribution >= 4 is 45.0 Å². The van der Waals surface area contributed by atoms with E-state index in [1.165, 1.54) is 22.6 Å². The van der Waals surface area contributed by atoms with Crippen molar-refractivity contribution in [3.63, 3.8) is 0 Å². The van der Waals surface area contributed by atoms with Crippen LogP contribution in [0, 0.1) is 6.92 Å². The van der Waals surface area contributed by atoms with Gasteiger partial charge >= 0.3 is 0 Å². The standard InChI is InChI=1S/C19H24Cl2N4O3S/c1-4-25(5-2)29(27,28)15-7-6-13(3)16(11-15)19(26)23-9-8-22-18-17(21)10-14(20)12-24-18/h6-7,10-12H,4-5,8-9H2,1-3H3,(H,22,24)(H,23,26). The molecule has 0 atom stereocenters. The second-order valence-electron chi connectivity index (χ2n) is 6.23. The molecular formula is C19H24Cl2N4O3S. The summed E-state index contributed by atoms with van der Waals surface area (Å²) in [5.41, 5.74) is 1.01. The van der Waals surface area contributed by atoms with Gasteiger partial charge in [-0.2, -0.15) is 4.31 Å². The Bertz CT molecular complexity index is 979. The van der Waals surface area contributed by atoms with Crippen LogP contribution in [0.5, 0.6) is 0 Å². The lowest BCUT2D eigenvalue weighted by Gasteiger charge is -2.19. The van der Waals surface area contributed by atoms with E-state index in [4.69, 9.17) is 23.2 Å². The third kappa shape index (κ3) is 5.82. The maximum Gasteiger partial charge on any atom is 0.251 e. The molecule has 0 aliphatic heterocycles. The molecule has 0 saturated heterocycles. The van der Waals surface area contributed by atoms with Gasteiger partial charge in [0.05, 0.1) is 14.9 Å². The SMILES string of the molecule is CCN(CC)S(=O)(=O)c1ccc(C)c(C(=O)NCCNc2ncc(Cl)cc2Cl)c1. The number of sulfonamides is 1. The Morgan fingerprint density at radius 2 is 1.83 bits per heavy atom. The van der Waals surface area contributed by atoms with Gasteiger partial charge in [0.2, 0.25) is 10.0 Å². The van der Waals surface area contributed by atoms with Crippen LogP contribution in [-0.2, 0) is 10.0 Å². The van der Waals surface area contributed by atoms with E-state index in [9.17, 15) is 13.2 Å². The van der Waals surface area contributed by atoms with Crippen molar-refractivity contribution in [3.8, 4) is 0 Å². The zero-order valence-corrected chi connectivity index (χ0v) is 18.8. The quantitative estimate of drug-likeness (QED) is 0.560. The molecule has 0 aliphatic rings. The first-order valence-electron chi connectivity index (χ1n) is 9.14. The van der Waals surface area contributed by atoms with E-state index in [0.717, 1.165) is 0 Å². The smallest absolute Gasteiger partial charge is 0.251 e. The summed E-state index contributed by atoms with van der Waals surface area (Å²) in [5, 5.41) is 6.60. The zero-order valence-electron chi connectivity index (χ0n) is 16.5. The highest BCUT2D eigenvalue weighted by Crippen LogP contribution is 2.22. The summed E-state index contributed by atoms with van der Waals surface area (Å²) in [5.74, 6) is 0.116. The molecule has 29 heavy (non-hydrogen) atoms. The topological polar surface area (TPSA) is 91.4 Å². The van der Waals surface area contributed by atoms with Crippen molar-refractivity contribution in [2.75, 3.05) is 31.5 Å². The summed E-state index contributed by atoms with van der Waals surface area (Å²) in [4.78, 5) is 16.8. The molecule has 2 aromatic rings. The fraction of sp³-hybridized carbons (Fsp3) is 0.368. The van der Waals surface area contributed by atoms with Crippen molar-refractivity contribution in [2.24, 2.45) is 0 Å². The van der Waals surface area contributed by atoms with Gasteiger partial charge in [0.25, 0.3) is 5.91 Å². The summed E-state index contributed by atoms with van der Waals surface area (Å²) in [7, 11) is -3.64. The van der Waals surface area contributed by atoms with Crippen molar-refractivity contribution in [3.05, 3.63) is 51.6 Å². The molecule has 7 nitrogen and oxygen atoms in total. The van der Waals surface area contributed by atoms with E-state index in [1.54, 1.807) is 32.9 Å². The molecule has 0 bridgehead atoms. The molecule has 158 valence electrons. The molecule has 0 radical (unpaired) electrons. The van der Waals surface area contributed by atoms with Gasteiger partial charge in [-0.15, -0.1) is 0 Å². The van der Waals surface area contributed by atoms with E-state index in [-0.39, 0.29) is 10.8 Å². The average Bonchev–Trinajstić information content (AvgIpc) is 2.67. The normalized spacial score (nSPS) is 11.5. The lowest BCUT2D eigenvalue weighted by Crippen LogP contribution is -2.32. The molecule has 1 aromatic heterocycles. The molecule has 0 saturated carbocycles. The number of hydrogen-bond donors (Lipinski definition) is 2. The molecule has 1 aromatic carbocycles. The summed E-state index contributed by atoms with van der Waals surface area (Å²) < 4.78 is 26.8. The third-order valence-corrected chi connectivity index (χ3v) is 6.85. The first kappa shape index (κ1) is 23.4. The Morgan fingerprint density at radius 3 is 2.45 bits per heavy atom. The number of rotatable bonds is 9. The van der Waals surface area contributed by atoms with E-state index >= 15 is 0 Å². The summed E-state index contributed by atoms with van der Waals surface area (Å²) in [6.07, 6.45) is 1.47. The average molecular weight is 459 g/mol. The van der Waals surface area contributed by atoms with Gasteiger partial charge in [-0.1, -0.05) is 43.1 Å². The monoisotopic (exact) mass is 458 g/mol. The fourth-order valence-electron chi connectivity index (χ4n) is 2.72. The Balaban J connectivity index is 2.05. The zero-order chi connectivity index (χ0) is 21.6. The van der Waals surface area contributed by atoms with Crippen LogP contribution in [-0.4, -0.2) is 49.8 Å². The summed E-state index contributed by atoms with van der Waals surface area (Å²) >= 11 is 11.8. The van der Waals surface area contributed by atoms with Crippen molar-refractivity contribution < 1.29 is 13.2 Å². The maximum absolute atomic E-state index is 12.7. The molecule has 0 fully saturated rings. The molecule has 0 aliphatic carbocycles. The van der Waals surface area contributed by atoms with Crippen LogP contribution in [0.3, 0.4) is 0 Å². The van der Waals surface area contributed by atoms with Gasteiger partial charge in [-0.25, -0.2) is 13.4 Å². The second kappa shape index (κ2) is 10.2. The lowest BCUT2D eigenvalue weighted by molar-refractivity contribution is 0.0954. The highest BCUT2D eigenvalue weighted by molar-refractivity contribution is 7.89. The van der Waals surface area contributed by atoms with Crippen LogP contribution in [0.4, 0.5) is 5.82 Å². The van der Waals surface area contributed by atoms with Crippen LogP contribution in [0.1, 0.15) is 29.8 Å². The number of nitrogens with zero attached hydrogens (tertiary/aromatic N) is 2. The molecule has 0 spiro atoms. The van der Waals surface area contributed by atoms with E-state index in [0.29, 0.717) is 53.2 Å². The highest BCUT2D eigenvalue weighted by atomic mass is 35.5. The van der Waals surface area contributed by atoms with E-state index in [2.05, 4.69) is 15.6 Å². The number of halogens is 2. The van der Waals surface area contributed by atoms with E-state index in [1.807, 2.05) is 0 Å². The fourth-order valence-corrected chi connectivity index (χ4v) is 4.65. The van der Waals surface area contributed by atoms with Crippen molar-refractivity contribution in [1.82, 2.24) is 14.6 Å². The molecule has 1 heterocycles. The first-order valence-corrected chi connectivity index (χ1v) is 11.3. The number of aryl methyl sites for hydroxylation is 1. The largest absolute Gasteiger partial charge is 0.367 e. The number of nitrogens with one attached hydrogen (secondary N) is 2. The summed E-state index contributed by atoms with van der Waals surface area (Å²) in [6.45, 7) is 6.72. The molecular weight excluding hydrogens is 435 g/mol. The Hall–Kier alpha value is -1.87. The summed E-state index contributed by atoms with van der Waals surface area (Å²) in [6, 6.07) is 6.15. The molecule has 2 N–H and O–H groups in total. The number of amides is 1. The number of anilines is 1. The Labute approximate surface area is 181 Å². The van der Waals surface area contributed by atoms with E-state index < -0.39 is 10.0 Å². The predicted octanol–water partition coefficient (Wildman–Crippen LogP) is 3.57. The van der Waals surface area contributed by atoms with Crippen LogP contribution < -0.4 is 10.6 Å². The van der Waals surface area contributed by atoms with Gasteiger partial charge in [0.1, 0.15) is 5.82 Å². The lowest BCUT2D eigenvalue weighted by atomic mass is 10.1. The minimum atomic E-state index is -3.64. The minimum absolute atomic E-state index is 0.104. The maximum atomic E-state index is 12.7.